The monoisotopic (exact) mass is 743 g/mol. The molecule has 0 saturated heterocycles. The molecule has 0 amide bonds. The van der Waals surface area contributed by atoms with Crippen molar-refractivity contribution in [3.8, 4) is 0 Å². The maximum Gasteiger partial charge on any atom is 0.132 e. The molecule has 0 aromatic rings. The Bertz CT molecular complexity index is 552. The van der Waals surface area contributed by atoms with Crippen LogP contribution in [0.4, 0.5) is 0 Å². The van der Waals surface area contributed by atoms with Gasteiger partial charge in [0.25, 0.3) is 0 Å². The zero-order valence-corrected chi connectivity index (χ0v) is 37.9. The lowest BCUT2D eigenvalue weighted by molar-refractivity contribution is -0.121. The number of carbonyl (C=O) groups excluding carboxylic acids is 6. The molecule has 0 aromatic heterocycles. The van der Waals surface area contributed by atoms with Crippen LogP contribution in [-0.4, -0.2) is 35.7 Å². The average molecular weight is 743 g/mol. The van der Waals surface area contributed by atoms with Crippen molar-refractivity contribution < 1.29 is 30.1 Å². The number of Topliss-reactive ketones (excluding diaryl/α,β-unsaturated/α-hetero) is 5. The van der Waals surface area contributed by atoms with E-state index >= 15 is 0 Å². The highest BCUT2D eigenvalue weighted by atomic mass is 16.1. The second kappa shape index (κ2) is 97.4. The summed E-state index contributed by atoms with van der Waals surface area (Å²) in [7, 11) is 0. The fraction of sp³-hybridized carbons (Fsp3) is 0.867. The number of hydrogen-bond donors (Lipinski definition) is 0. The number of carbonyl (C=O) groups is 6. The van der Waals surface area contributed by atoms with Gasteiger partial charge in [0.05, 0.1) is 0 Å². The van der Waals surface area contributed by atoms with E-state index in [1.54, 1.807) is 41.5 Å². The molecule has 0 aliphatic carbocycles. The minimum atomic E-state index is 0. The summed E-state index contributed by atoms with van der Waals surface area (Å²) in [5, 5.41) is 0. The van der Waals surface area contributed by atoms with Crippen LogP contribution in [0.15, 0.2) is 0 Å². The summed E-state index contributed by atoms with van der Waals surface area (Å²) in [5.41, 5.74) is 0. The van der Waals surface area contributed by atoms with Gasteiger partial charge in [0, 0.05) is 32.0 Å². The van der Waals surface area contributed by atoms with Crippen LogP contribution in [0, 0.1) is 17.8 Å². The van der Waals surface area contributed by atoms with Gasteiger partial charge >= 0.3 is 0 Å². The number of hydrogen-bond acceptors (Lipinski definition) is 6. The molecule has 0 spiro atoms. The van der Waals surface area contributed by atoms with Crippen LogP contribution < -0.4 is 0 Å². The quantitative estimate of drug-likeness (QED) is 0.186. The maximum absolute atomic E-state index is 10.5. The van der Waals surface area contributed by atoms with Gasteiger partial charge in [0.15, 0.2) is 0 Å². The molecule has 0 aliphatic heterocycles. The Morgan fingerprint density at radius 2 is 0.667 bits per heavy atom. The highest BCUT2D eigenvalue weighted by Crippen LogP contribution is 2.05. The second-order valence-electron chi connectivity index (χ2n) is 10.5. The highest BCUT2D eigenvalue weighted by molar-refractivity contribution is 5.78. The lowest BCUT2D eigenvalue weighted by atomic mass is 10.0. The molecule has 0 heterocycles. The Morgan fingerprint density at radius 1 is 0.490 bits per heavy atom. The summed E-state index contributed by atoms with van der Waals surface area (Å²) in [5.74, 6) is 2.33. The molecule has 6 heteroatoms. The third kappa shape index (κ3) is 162. The van der Waals surface area contributed by atoms with Gasteiger partial charge in [0.2, 0.25) is 0 Å². The van der Waals surface area contributed by atoms with E-state index in [2.05, 4.69) is 41.5 Å². The number of rotatable bonds is 13. The van der Waals surface area contributed by atoms with Crippen molar-refractivity contribution in [2.24, 2.45) is 17.8 Å². The summed E-state index contributed by atoms with van der Waals surface area (Å²) >= 11 is 0. The summed E-state index contributed by atoms with van der Waals surface area (Å²) in [6.07, 6.45) is 11.3. The molecule has 3 atom stereocenters. The first-order valence-corrected chi connectivity index (χ1v) is 19.5. The average Bonchev–Trinajstić information content (AvgIpc) is 3.09. The second-order valence-corrected chi connectivity index (χ2v) is 10.5. The lowest BCUT2D eigenvalue weighted by Gasteiger charge is -2.01. The predicted octanol–water partition coefficient (Wildman–Crippen LogP) is 15.4. The van der Waals surface area contributed by atoms with Crippen molar-refractivity contribution in [3.05, 3.63) is 0 Å². The Morgan fingerprint density at radius 3 is 0.706 bits per heavy atom. The van der Waals surface area contributed by atoms with Gasteiger partial charge in [0.1, 0.15) is 35.7 Å². The van der Waals surface area contributed by atoms with Gasteiger partial charge in [-0.05, 0) is 60.3 Å². The zero-order valence-electron chi connectivity index (χ0n) is 38.9. The van der Waals surface area contributed by atoms with Gasteiger partial charge < -0.3 is 14.4 Å². The molecule has 0 aliphatic rings. The highest BCUT2D eigenvalue weighted by Gasteiger charge is 2.04. The zero-order chi connectivity index (χ0) is 43.1. The first-order chi connectivity index (χ1) is 23.4. The summed E-state index contributed by atoms with van der Waals surface area (Å²) in [6.45, 7) is 44.9. The Labute approximate surface area is 327 Å². The molecular formula is C45H104O6. The topological polar surface area (TPSA) is 102 Å². The molecular weight excluding hydrogens is 636 g/mol. The molecule has 0 aromatic carbocycles. The smallest absolute Gasteiger partial charge is 0.132 e. The molecule has 51 heavy (non-hydrogen) atoms. The van der Waals surface area contributed by atoms with E-state index in [0.29, 0.717) is 36.5 Å². The summed E-state index contributed by atoms with van der Waals surface area (Å²) < 4.78 is 6.21. The molecule has 6 nitrogen and oxygen atoms in total. The van der Waals surface area contributed by atoms with Crippen molar-refractivity contribution in [1.29, 1.82) is 0 Å². The van der Waals surface area contributed by atoms with Crippen LogP contribution in [0.1, 0.15) is 246 Å². The molecule has 0 saturated carbocycles. The van der Waals surface area contributed by atoms with Crippen molar-refractivity contribution >= 4 is 35.7 Å². The first-order valence-electron chi connectivity index (χ1n) is 20.2. The van der Waals surface area contributed by atoms with Gasteiger partial charge in [-0.3, -0.25) is 14.4 Å². The van der Waals surface area contributed by atoms with Crippen LogP contribution >= 0.6 is 0 Å². The lowest BCUT2D eigenvalue weighted by Crippen LogP contribution is -2.04. The van der Waals surface area contributed by atoms with Crippen LogP contribution in [0.5, 0.6) is 0 Å². The van der Waals surface area contributed by atoms with Gasteiger partial charge in [-0.2, -0.15) is 0 Å². The minimum absolute atomic E-state index is 0. The van der Waals surface area contributed by atoms with Gasteiger partial charge in [-0.1, -0.05) is 172 Å². The predicted molar refractivity (Wildman–Crippen MR) is 237 cm³/mol. The van der Waals surface area contributed by atoms with E-state index in [1.165, 1.54) is 6.42 Å². The molecule has 0 fully saturated rings. The normalized spacial score (nSPS) is 9.41. The number of ketones is 5. The third-order valence-electron chi connectivity index (χ3n) is 5.63. The van der Waals surface area contributed by atoms with E-state index in [-0.39, 0.29) is 38.4 Å². The van der Waals surface area contributed by atoms with E-state index < -0.39 is 0 Å². The Balaban J connectivity index is -0.0000000304. The fourth-order valence-electron chi connectivity index (χ4n) is 2.33. The van der Waals surface area contributed by atoms with Crippen LogP contribution in [0.2, 0.25) is 0 Å². The van der Waals surface area contributed by atoms with Crippen LogP contribution in [0.3, 0.4) is 0 Å². The van der Waals surface area contributed by atoms with Crippen LogP contribution in [0.25, 0.3) is 0 Å². The molecule has 0 bridgehead atoms. The van der Waals surface area contributed by atoms with E-state index in [9.17, 15) is 24.0 Å². The first kappa shape index (κ1) is 82.5. The third-order valence-corrected chi connectivity index (χ3v) is 5.63. The van der Waals surface area contributed by atoms with Crippen molar-refractivity contribution in [3.63, 3.8) is 0 Å². The van der Waals surface area contributed by atoms with Crippen molar-refractivity contribution in [1.82, 2.24) is 0 Å². The molecule has 0 radical (unpaired) electrons. The SMILES string of the molecule is C.C.C=O.CC.CC.CC.CCC.CCC(C)=O.CCCC(C)C(C)=O.CCCC(C)C(C)=O.CCCC(C)C(C)=O.CCCCC(C)=O.[3H]CC. The summed E-state index contributed by atoms with van der Waals surface area (Å²) in [6, 6.07) is 0. The summed E-state index contributed by atoms with van der Waals surface area (Å²) in [4.78, 5) is 59.6. The molecule has 0 N–H and O–H groups in total. The molecule has 3 unspecified atom stereocenters. The number of unbranched alkanes of at least 4 members (excludes halogenated alkanes) is 1. The maximum atomic E-state index is 10.5. The fourth-order valence-corrected chi connectivity index (χ4v) is 2.33. The Hall–Kier alpha value is -1.98. The van der Waals surface area contributed by atoms with Gasteiger partial charge in [-0.15, -0.1) is 0 Å². The van der Waals surface area contributed by atoms with E-state index in [1.807, 2.05) is 76.0 Å². The Kier molecular flexibility index (Phi) is 157. The molecule has 0 rings (SSSR count). The van der Waals surface area contributed by atoms with Gasteiger partial charge in [-0.25, -0.2) is 0 Å². The standard InChI is InChI=1S/3C7H14O.C6H12O.C4H8O.C3H8.4C2H6.CH2O.2CH4/c3*1-4-5-6(2)7(3)8;1-3-4-5-6(2)7;1-3-4(2)5;1-3-2;5*1-2;;/h3*6H,4-5H2,1-3H3;3-5H2,1-2H3;3H2,1-2H3;3H2,1-2H3;4*1-2H3;1H2;2*1H4/i;;;;;;1T;;;;;;. The largest absolute Gasteiger partial charge is 0.307 e. The molecule has 320 valence electrons. The minimum Gasteiger partial charge on any atom is -0.307 e. The van der Waals surface area contributed by atoms with Crippen molar-refractivity contribution in [2.45, 2.75) is 245 Å². The van der Waals surface area contributed by atoms with Crippen molar-refractivity contribution in [2.75, 3.05) is 0 Å². The van der Waals surface area contributed by atoms with Crippen LogP contribution in [-0.2, 0) is 28.8 Å². The van der Waals surface area contributed by atoms with E-state index in [4.69, 9.17) is 6.17 Å². The van der Waals surface area contributed by atoms with E-state index in [0.717, 1.165) is 57.8 Å².